The molecule has 0 radical (unpaired) electrons. The molecule has 0 spiro atoms. The van der Waals surface area contributed by atoms with Gasteiger partial charge in [0.1, 0.15) is 0 Å². The van der Waals surface area contributed by atoms with Crippen molar-refractivity contribution in [2.24, 2.45) is 0 Å². The molecule has 0 bridgehead atoms. The number of aromatic nitrogens is 1. The summed E-state index contributed by atoms with van der Waals surface area (Å²) >= 11 is 0. The lowest BCUT2D eigenvalue weighted by molar-refractivity contribution is 1.10. The Morgan fingerprint density at radius 1 is 0.947 bits per heavy atom. The van der Waals surface area contributed by atoms with E-state index in [0.717, 1.165) is 13.0 Å². The lowest BCUT2D eigenvalue weighted by Crippen LogP contribution is -2.01. The van der Waals surface area contributed by atoms with Gasteiger partial charge < -0.3 is 10.3 Å². The molecule has 0 saturated heterocycles. The molecule has 3 rings (SSSR count). The maximum Gasteiger partial charge on any atom is 0.0457 e. The topological polar surface area (TPSA) is 27.8 Å². The molecule has 0 atom stereocenters. The summed E-state index contributed by atoms with van der Waals surface area (Å²) in [4.78, 5) is 3.31. The van der Waals surface area contributed by atoms with Crippen molar-refractivity contribution < 1.29 is 0 Å². The van der Waals surface area contributed by atoms with Crippen LogP contribution in [0.4, 0.5) is 5.69 Å². The molecule has 2 heteroatoms. The molecule has 3 aromatic rings. The summed E-state index contributed by atoms with van der Waals surface area (Å²) in [6.07, 6.45) is 3.14. The summed E-state index contributed by atoms with van der Waals surface area (Å²) in [7, 11) is 0. The second kappa shape index (κ2) is 5.19. The Balaban J connectivity index is 1.82. The Morgan fingerprint density at radius 2 is 1.74 bits per heavy atom. The van der Waals surface area contributed by atoms with Crippen molar-refractivity contribution in [2.45, 2.75) is 19.9 Å². The van der Waals surface area contributed by atoms with E-state index in [-0.39, 0.29) is 0 Å². The summed E-state index contributed by atoms with van der Waals surface area (Å²) < 4.78 is 0. The molecular formula is C17H18N2. The number of H-pyrrole nitrogens is 1. The molecule has 0 fully saturated rings. The van der Waals surface area contributed by atoms with Gasteiger partial charge in [0.15, 0.2) is 0 Å². The van der Waals surface area contributed by atoms with Crippen molar-refractivity contribution in [3.05, 3.63) is 65.9 Å². The highest BCUT2D eigenvalue weighted by atomic mass is 14.9. The quantitative estimate of drug-likeness (QED) is 0.708. The summed E-state index contributed by atoms with van der Waals surface area (Å²) in [6, 6.07) is 16.9. The monoisotopic (exact) mass is 250 g/mol. The summed E-state index contributed by atoms with van der Waals surface area (Å²) in [5.41, 5.74) is 5.10. The average molecular weight is 250 g/mol. The minimum absolute atomic E-state index is 0.848. The van der Waals surface area contributed by atoms with Crippen LogP contribution in [-0.2, 0) is 13.0 Å². The zero-order valence-electron chi connectivity index (χ0n) is 11.1. The van der Waals surface area contributed by atoms with Gasteiger partial charge in [-0.2, -0.15) is 0 Å². The van der Waals surface area contributed by atoms with Gasteiger partial charge in [0.2, 0.25) is 0 Å². The van der Waals surface area contributed by atoms with E-state index in [1.807, 2.05) is 0 Å². The van der Waals surface area contributed by atoms with Gasteiger partial charge in [-0.15, -0.1) is 0 Å². The first-order chi connectivity index (χ1) is 9.38. The number of benzene rings is 2. The van der Waals surface area contributed by atoms with E-state index in [0.29, 0.717) is 0 Å². The van der Waals surface area contributed by atoms with Gasteiger partial charge >= 0.3 is 0 Å². The van der Waals surface area contributed by atoms with Crippen LogP contribution in [0.25, 0.3) is 10.9 Å². The van der Waals surface area contributed by atoms with Crippen molar-refractivity contribution in [3.8, 4) is 0 Å². The SMILES string of the molecule is CCc1ccccc1NCc1c[nH]c2ccccc12. The van der Waals surface area contributed by atoms with Crippen LogP contribution in [0, 0.1) is 0 Å². The smallest absolute Gasteiger partial charge is 0.0457 e. The van der Waals surface area contributed by atoms with Crippen LogP contribution >= 0.6 is 0 Å². The zero-order chi connectivity index (χ0) is 13.1. The summed E-state index contributed by atoms with van der Waals surface area (Å²) in [5, 5.41) is 4.83. The van der Waals surface area contributed by atoms with Gasteiger partial charge in [0.05, 0.1) is 0 Å². The van der Waals surface area contributed by atoms with E-state index in [4.69, 9.17) is 0 Å². The minimum atomic E-state index is 0.848. The zero-order valence-corrected chi connectivity index (χ0v) is 11.1. The molecular weight excluding hydrogens is 232 g/mol. The molecule has 96 valence electrons. The highest BCUT2D eigenvalue weighted by Gasteiger charge is 2.04. The van der Waals surface area contributed by atoms with Gasteiger partial charge in [-0.3, -0.25) is 0 Å². The van der Waals surface area contributed by atoms with Gasteiger partial charge in [-0.1, -0.05) is 43.3 Å². The number of hydrogen-bond donors (Lipinski definition) is 2. The van der Waals surface area contributed by atoms with Crippen LogP contribution in [0.2, 0.25) is 0 Å². The van der Waals surface area contributed by atoms with E-state index < -0.39 is 0 Å². The van der Waals surface area contributed by atoms with Crippen LogP contribution in [0.3, 0.4) is 0 Å². The molecule has 1 aromatic heterocycles. The highest BCUT2D eigenvalue weighted by molar-refractivity contribution is 5.83. The Bertz CT molecular complexity index is 682. The van der Waals surface area contributed by atoms with Crippen molar-refractivity contribution in [1.82, 2.24) is 4.98 Å². The molecule has 2 aromatic carbocycles. The molecule has 0 amide bonds. The molecule has 19 heavy (non-hydrogen) atoms. The second-order valence-electron chi connectivity index (χ2n) is 4.72. The van der Waals surface area contributed by atoms with Crippen LogP contribution in [0.15, 0.2) is 54.7 Å². The molecule has 0 unspecified atom stereocenters. The molecule has 1 heterocycles. The average Bonchev–Trinajstić information content (AvgIpc) is 2.89. The predicted octanol–water partition coefficient (Wildman–Crippen LogP) is 4.34. The van der Waals surface area contributed by atoms with E-state index in [9.17, 15) is 0 Å². The fourth-order valence-corrected chi connectivity index (χ4v) is 2.47. The number of rotatable bonds is 4. The van der Waals surface area contributed by atoms with Gasteiger partial charge in [0.25, 0.3) is 0 Å². The normalized spacial score (nSPS) is 10.8. The predicted molar refractivity (Wildman–Crippen MR) is 81.4 cm³/mol. The molecule has 0 aliphatic carbocycles. The standard InChI is InChI=1S/C17H18N2/c1-2-13-7-3-5-9-16(13)18-11-14-12-19-17-10-6-4-8-15(14)17/h3-10,12,18-19H,2,11H2,1H3. The van der Waals surface area contributed by atoms with E-state index in [1.165, 1.54) is 27.7 Å². The third-order valence-corrected chi connectivity index (χ3v) is 3.54. The second-order valence-corrected chi connectivity index (χ2v) is 4.72. The van der Waals surface area contributed by atoms with Crippen LogP contribution < -0.4 is 5.32 Å². The number of hydrogen-bond acceptors (Lipinski definition) is 1. The molecule has 2 N–H and O–H groups in total. The number of aryl methyl sites for hydroxylation is 1. The summed E-state index contributed by atoms with van der Waals surface area (Å²) in [6.45, 7) is 3.03. The highest BCUT2D eigenvalue weighted by Crippen LogP contribution is 2.21. The van der Waals surface area contributed by atoms with Gasteiger partial charge in [-0.25, -0.2) is 0 Å². The lowest BCUT2D eigenvalue weighted by atomic mass is 10.1. The van der Waals surface area contributed by atoms with E-state index in [2.05, 4.69) is 72.0 Å². The number of aromatic amines is 1. The maximum absolute atomic E-state index is 3.54. The van der Waals surface area contributed by atoms with Crippen molar-refractivity contribution >= 4 is 16.6 Å². The lowest BCUT2D eigenvalue weighted by Gasteiger charge is -2.10. The molecule has 2 nitrogen and oxygen atoms in total. The van der Waals surface area contributed by atoms with Crippen LogP contribution in [-0.4, -0.2) is 4.98 Å². The first kappa shape index (κ1) is 11.8. The van der Waals surface area contributed by atoms with Crippen molar-refractivity contribution in [1.29, 1.82) is 0 Å². The number of nitrogens with one attached hydrogen (secondary N) is 2. The van der Waals surface area contributed by atoms with Crippen LogP contribution in [0.5, 0.6) is 0 Å². The van der Waals surface area contributed by atoms with E-state index in [1.54, 1.807) is 0 Å². The third kappa shape index (κ3) is 2.34. The Morgan fingerprint density at radius 3 is 2.63 bits per heavy atom. The Kier molecular flexibility index (Phi) is 3.23. The first-order valence-electron chi connectivity index (χ1n) is 6.75. The largest absolute Gasteiger partial charge is 0.381 e. The minimum Gasteiger partial charge on any atom is -0.381 e. The van der Waals surface area contributed by atoms with Crippen LogP contribution in [0.1, 0.15) is 18.1 Å². The first-order valence-corrected chi connectivity index (χ1v) is 6.75. The van der Waals surface area contributed by atoms with Crippen molar-refractivity contribution in [3.63, 3.8) is 0 Å². The van der Waals surface area contributed by atoms with Gasteiger partial charge in [0, 0.05) is 29.3 Å². The Labute approximate surface area is 113 Å². The molecule has 0 aliphatic heterocycles. The summed E-state index contributed by atoms with van der Waals surface area (Å²) in [5.74, 6) is 0. The number of anilines is 1. The fraction of sp³-hybridized carbons (Fsp3) is 0.176. The third-order valence-electron chi connectivity index (χ3n) is 3.54. The molecule has 0 saturated carbocycles. The maximum atomic E-state index is 3.54. The Hall–Kier alpha value is -2.22. The van der Waals surface area contributed by atoms with Crippen molar-refractivity contribution in [2.75, 3.05) is 5.32 Å². The van der Waals surface area contributed by atoms with E-state index >= 15 is 0 Å². The fourth-order valence-electron chi connectivity index (χ4n) is 2.47. The number of para-hydroxylation sites is 2. The molecule has 0 aliphatic rings. The number of fused-ring (bicyclic) bond motifs is 1. The van der Waals surface area contributed by atoms with Gasteiger partial charge in [-0.05, 0) is 29.7 Å².